The maximum absolute atomic E-state index is 13.2. The number of ether oxygens (including phenoxy) is 2. The number of nitrogens with one attached hydrogen (secondary N) is 1. The van der Waals surface area contributed by atoms with Crippen LogP contribution in [0.1, 0.15) is 36.5 Å². The predicted molar refractivity (Wildman–Crippen MR) is 116 cm³/mol. The van der Waals surface area contributed by atoms with Gasteiger partial charge in [-0.2, -0.15) is 0 Å². The average Bonchev–Trinajstić information content (AvgIpc) is 3.02. The molecular formula is C24H26N2O5. The first-order chi connectivity index (χ1) is 14.9. The van der Waals surface area contributed by atoms with Gasteiger partial charge in [-0.25, -0.2) is 4.90 Å². The lowest BCUT2D eigenvalue weighted by Crippen LogP contribution is -2.33. The monoisotopic (exact) mass is 422 g/mol. The average molecular weight is 422 g/mol. The second-order valence-corrected chi connectivity index (χ2v) is 8.18. The van der Waals surface area contributed by atoms with Gasteiger partial charge in [0.2, 0.25) is 11.8 Å². The lowest BCUT2D eigenvalue weighted by molar-refractivity contribution is -0.122. The van der Waals surface area contributed by atoms with E-state index >= 15 is 0 Å². The summed E-state index contributed by atoms with van der Waals surface area (Å²) in [6.07, 6.45) is 2.36. The van der Waals surface area contributed by atoms with Crippen molar-refractivity contribution in [1.82, 2.24) is 0 Å². The number of benzene rings is 2. The van der Waals surface area contributed by atoms with Crippen LogP contribution in [0.4, 0.5) is 11.4 Å². The van der Waals surface area contributed by atoms with Gasteiger partial charge in [-0.3, -0.25) is 14.4 Å². The first-order valence-corrected chi connectivity index (χ1v) is 10.4. The van der Waals surface area contributed by atoms with E-state index in [1.807, 2.05) is 0 Å². The number of hydrogen-bond donors (Lipinski definition) is 1. The van der Waals surface area contributed by atoms with Crippen LogP contribution in [-0.2, 0) is 9.59 Å². The summed E-state index contributed by atoms with van der Waals surface area (Å²) in [6.45, 7) is 2.11. The number of carbonyl (C=O) groups excluding carboxylic acids is 3. The topological polar surface area (TPSA) is 84.9 Å². The molecule has 1 saturated carbocycles. The van der Waals surface area contributed by atoms with Crippen LogP contribution < -0.4 is 19.7 Å². The number of fused-ring (bicyclic) bond motifs is 1. The highest BCUT2D eigenvalue weighted by Gasteiger charge is 2.50. The molecule has 162 valence electrons. The largest absolute Gasteiger partial charge is 0.497 e. The number of carbonyl (C=O) groups is 3. The molecule has 4 rings (SSSR count). The van der Waals surface area contributed by atoms with E-state index in [1.165, 1.54) is 19.1 Å². The Hall–Kier alpha value is -3.35. The Balaban J connectivity index is 1.66. The number of methoxy groups -OCH3 is 2. The quantitative estimate of drug-likeness (QED) is 0.739. The Labute approximate surface area is 181 Å². The summed E-state index contributed by atoms with van der Waals surface area (Å²) in [5.74, 6) is 0.00136. The molecular weight excluding hydrogens is 396 g/mol. The molecule has 1 N–H and O–H groups in total. The van der Waals surface area contributed by atoms with Gasteiger partial charge in [0.1, 0.15) is 11.5 Å². The molecule has 0 unspecified atom stereocenters. The maximum atomic E-state index is 13.2. The molecule has 1 aliphatic heterocycles. The zero-order chi connectivity index (χ0) is 22.1. The van der Waals surface area contributed by atoms with Crippen LogP contribution >= 0.6 is 0 Å². The number of rotatable bonds is 5. The second-order valence-electron chi connectivity index (χ2n) is 8.18. The van der Waals surface area contributed by atoms with Crippen molar-refractivity contribution in [2.45, 2.75) is 26.2 Å². The van der Waals surface area contributed by atoms with E-state index < -0.39 is 5.91 Å². The van der Waals surface area contributed by atoms with Crippen molar-refractivity contribution in [3.8, 4) is 11.5 Å². The fraction of sp³-hybridized carbons (Fsp3) is 0.375. The van der Waals surface area contributed by atoms with Gasteiger partial charge in [0, 0.05) is 6.07 Å². The molecule has 0 aromatic heterocycles. The summed E-state index contributed by atoms with van der Waals surface area (Å²) in [5, 5.41) is 2.82. The summed E-state index contributed by atoms with van der Waals surface area (Å²) in [6, 6.07) is 11.8. The highest BCUT2D eigenvalue weighted by Crippen LogP contribution is 2.43. The van der Waals surface area contributed by atoms with Crippen LogP contribution in [0.5, 0.6) is 11.5 Å². The number of amides is 3. The Kier molecular flexibility index (Phi) is 5.67. The van der Waals surface area contributed by atoms with E-state index in [4.69, 9.17) is 9.47 Å². The van der Waals surface area contributed by atoms with Gasteiger partial charge >= 0.3 is 0 Å². The maximum Gasteiger partial charge on any atom is 0.257 e. The van der Waals surface area contributed by atoms with Crippen LogP contribution in [0.25, 0.3) is 0 Å². The van der Waals surface area contributed by atoms with Crippen molar-refractivity contribution >= 4 is 29.1 Å². The zero-order valence-corrected chi connectivity index (χ0v) is 17.9. The molecule has 0 radical (unpaired) electrons. The third-order valence-corrected chi connectivity index (χ3v) is 6.23. The third-order valence-electron chi connectivity index (χ3n) is 6.23. The summed E-state index contributed by atoms with van der Waals surface area (Å²) in [7, 11) is 3.04. The van der Waals surface area contributed by atoms with Crippen LogP contribution in [0.15, 0.2) is 42.5 Å². The van der Waals surface area contributed by atoms with Gasteiger partial charge < -0.3 is 14.8 Å². The molecule has 3 atom stereocenters. The number of nitrogens with zero attached hydrogens (tertiary/aromatic N) is 1. The van der Waals surface area contributed by atoms with E-state index in [0.29, 0.717) is 41.6 Å². The Morgan fingerprint density at radius 3 is 2.48 bits per heavy atom. The van der Waals surface area contributed by atoms with Crippen molar-refractivity contribution < 1.29 is 23.9 Å². The Morgan fingerprint density at radius 1 is 1.00 bits per heavy atom. The van der Waals surface area contributed by atoms with Crippen LogP contribution in [0, 0.1) is 17.8 Å². The Morgan fingerprint density at radius 2 is 1.74 bits per heavy atom. The van der Waals surface area contributed by atoms with E-state index in [0.717, 1.165) is 6.42 Å². The molecule has 1 heterocycles. The standard InChI is InChI=1S/C24H26N2O5/c1-14-8-10-16-18(12-14)24(29)26(23(16)28)20-7-5-4-6-17(20)22(27)25-19-13-15(30-2)9-11-21(19)31-3/h4-7,9,11,13-14,16,18H,8,10,12H2,1-3H3,(H,25,27)/t14-,16-,18-/m1/s1. The highest BCUT2D eigenvalue weighted by atomic mass is 16.5. The Bertz CT molecular complexity index is 1030. The summed E-state index contributed by atoms with van der Waals surface area (Å²) in [4.78, 5) is 40.7. The molecule has 0 spiro atoms. The van der Waals surface area contributed by atoms with Crippen LogP contribution in [0.2, 0.25) is 0 Å². The lowest BCUT2D eigenvalue weighted by Gasteiger charge is -2.25. The van der Waals surface area contributed by atoms with Gasteiger partial charge in [0.05, 0.1) is 43.0 Å². The van der Waals surface area contributed by atoms with Gasteiger partial charge in [0.15, 0.2) is 0 Å². The van der Waals surface area contributed by atoms with Gasteiger partial charge in [0.25, 0.3) is 5.91 Å². The molecule has 7 heteroatoms. The second kappa shape index (κ2) is 8.41. The summed E-state index contributed by atoms with van der Waals surface area (Å²) in [5.41, 5.74) is 1.00. The van der Waals surface area contributed by atoms with E-state index in [1.54, 1.807) is 42.5 Å². The van der Waals surface area contributed by atoms with E-state index in [-0.39, 0.29) is 29.2 Å². The minimum absolute atomic E-state index is 0.207. The number of hydrogen-bond acceptors (Lipinski definition) is 5. The van der Waals surface area contributed by atoms with Crippen molar-refractivity contribution in [1.29, 1.82) is 0 Å². The van der Waals surface area contributed by atoms with E-state index in [2.05, 4.69) is 12.2 Å². The molecule has 0 bridgehead atoms. The van der Waals surface area contributed by atoms with Crippen molar-refractivity contribution in [3.63, 3.8) is 0 Å². The molecule has 31 heavy (non-hydrogen) atoms. The smallest absolute Gasteiger partial charge is 0.257 e. The number of anilines is 2. The fourth-order valence-corrected chi connectivity index (χ4v) is 4.59. The zero-order valence-electron chi connectivity index (χ0n) is 17.9. The third kappa shape index (κ3) is 3.76. The molecule has 2 aromatic rings. The summed E-state index contributed by atoms with van der Waals surface area (Å²) >= 11 is 0. The molecule has 7 nitrogen and oxygen atoms in total. The highest BCUT2D eigenvalue weighted by molar-refractivity contribution is 6.24. The molecule has 1 aliphatic carbocycles. The van der Waals surface area contributed by atoms with Crippen molar-refractivity contribution in [2.75, 3.05) is 24.4 Å². The molecule has 3 amide bonds. The fourth-order valence-electron chi connectivity index (χ4n) is 4.59. The van der Waals surface area contributed by atoms with Crippen LogP contribution in [-0.4, -0.2) is 31.9 Å². The normalized spacial score (nSPS) is 22.8. The van der Waals surface area contributed by atoms with Gasteiger partial charge in [-0.05, 0) is 49.4 Å². The minimum Gasteiger partial charge on any atom is -0.497 e. The SMILES string of the molecule is COc1ccc(OC)c(NC(=O)c2ccccc2N2C(=O)[C@@H]3CC[C@@H](C)C[C@H]3C2=O)c1. The minimum atomic E-state index is -0.439. The van der Waals surface area contributed by atoms with Gasteiger partial charge in [-0.15, -0.1) is 0 Å². The molecule has 2 aliphatic rings. The first-order valence-electron chi connectivity index (χ1n) is 10.4. The summed E-state index contributed by atoms with van der Waals surface area (Å²) < 4.78 is 10.6. The molecule has 2 fully saturated rings. The van der Waals surface area contributed by atoms with Crippen molar-refractivity contribution in [2.24, 2.45) is 17.8 Å². The van der Waals surface area contributed by atoms with Gasteiger partial charge in [-0.1, -0.05) is 19.1 Å². The predicted octanol–water partition coefficient (Wildman–Crippen LogP) is 3.88. The number of imide groups is 1. The number of para-hydroxylation sites is 1. The first kappa shape index (κ1) is 20.9. The lowest BCUT2D eigenvalue weighted by atomic mass is 9.76. The molecule has 1 saturated heterocycles. The molecule has 2 aromatic carbocycles. The van der Waals surface area contributed by atoms with Crippen molar-refractivity contribution in [3.05, 3.63) is 48.0 Å². The van der Waals surface area contributed by atoms with Crippen LogP contribution in [0.3, 0.4) is 0 Å². The van der Waals surface area contributed by atoms with E-state index in [9.17, 15) is 14.4 Å².